The number of fused-ring (bicyclic) bond motifs is 2. The first-order valence-electron chi connectivity index (χ1n) is 13.6. The van der Waals surface area contributed by atoms with Crippen molar-refractivity contribution in [1.82, 2.24) is 14.9 Å². The summed E-state index contributed by atoms with van der Waals surface area (Å²) < 4.78 is 1.96. The average molecular weight is 557 g/mol. The first kappa shape index (κ1) is 26.7. The third kappa shape index (κ3) is 5.06. The number of aromatic nitrogens is 2. The largest absolute Gasteiger partial charge is 0.478 e. The summed E-state index contributed by atoms with van der Waals surface area (Å²) in [5.41, 5.74) is 6.85. The van der Waals surface area contributed by atoms with Gasteiger partial charge in [-0.15, -0.1) is 0 Å². The van der Waals surface area contributed by atoms with Gasteiger partial charge in [-0.2, -0.15) is 0 Å². The van der Waals surface area contributed by atoms with Crippen molar-refractivity contribution in [2.75, 3.05) is 4.90 Å². The van der Waals surface area contributed by atoms with Crippen LogP contribution in [0, 0.1) is 6.92 Å². The van der Waals surface area contributed by atoms with E-state index in [1.807, 2.05) is 60.0 Å². The highest BCUT2D eigenvalue weighted by atomic mass is 16.4. The lowest BCUT2D eigenvalue weighted by Crippen LogP contribution is -2.30. The third-order valence-corrected chi connectivity index (χ3v) is 7.58. The van der Waals surface area contributed by atoms with Gasteiger partial charge in [0.15, 0.2) is 0 Å². The SMILES string of the molecule is Cc1cc(C(=O)N2Cc3ccc(C(=O)NCc4cccnc4)n3Cc3ccccc32)ccc1-c1ccccc1C(=O)O. The summed E-state index contributed by atoms with van der Waals surface area (Å²) in [6.07, 6.45) is 3.41. The third-order valence-electron chi connectivity index (χ3n) is 7.58. The van der Waals surface area contributed by atoms with E-state index in [2.05, 4.69) is 10.3 Å². The minimum atomic E-state index is -1.00. The smallest absolute Gasteiger partial charge is 0.336 e. The number of aryl methyl sites for hydroxylation is 1. The van der Waals surface area contributed by atoms with Crippen LogP contribution in [0.2, 0.25) is 0 Å². The van der Waals surface area contributed by atoms with E-state index in [0.29, 0.717) is 29.9 Å². The number of benzene rings is 3. The fourth-order valence-electron chi connectivity index (χ4n) is 5.47. The lowest BCUT2D eigenvalue weighted by atomic mass is 9.94. The molecule has 2 N–H and O–H groups in total. The molecule has 0 bridgehead atoms. The molecule has 0 aliphatic carbocycles. The minimum absolute atomic E-state index is 0.180. The van der Waals surface area contributed by atoms with E-state index in [9.17, 15) is 19.5 Å². The van der Waals surface area contributed by atoms with Gasteiger partial charge in [0, 0.05) is 35.9 Å². The molecule has 2 aromatic heterocycles. The molecule has 0 fully saturated rings. The second-order valence-electron chi connectivity index (χ2n) is 10.2. The molecule has 5 aromatic rings. The van der Waals surface area contributed by atoms with Crippen molar-refractivity contribution in [2.24, 2.45) is 0 Å². The highest BCUT2D eigenvalue weighted by Crippen LogP contribution is 2.32. The maximum absolute atomic E-state index is 14.0. The molecule has 0 saturated heterocycles. The lowest BCUT2D eigenvalue weighted by molar-refractivity contribution is 0.0697. The zero-order valence-corrected chi connectivity index (χ0v) is 22.9. The molecule has 0 spiro atoms. The van der Waals surface area contributed by atoms with E-state index < -0.39 is 5.97 Å². The molecule has 0 unspecified atom stereocenters. The summed E-state index contributed by atoms with van der Waals surface area (Å²) in [6, 6.07) is 27.4. The van der Waals surface area contributed by atoms with Crippen LogP contribution in [0.1, 0.15) is 53.6 Å². The molecule has 2 amide bonds. The average Bonchev–Trinajstić information content (AvgIpc) is 3.33. The number of nitrogens with one attached hydrogen (secondary N) is 1. The Balaban J connectivity index is 1.31. The van der Waals surface area contributed by atoms with Crippen LogP contribution in [0.3, 0.4) is 0 Å². The number of carboxylic acid groups (broad SMARTS) is 1. The van der Waals surface area contributed by atoms with Crippen LogP contribution in [0.4, 0.5) is 5.69 Å². The van der Waals surface area contributed by atoms with Crippen molar-refractivity contribution in [1.29, 1.82) is 0 Å². The zero-order valence-electron chi connectivity index (χ0n) is 22.9. The van der Waals surface area contributed by atoms with Crippen LogP contribution in [0.25, 0.3) is 11.1 Å². The van der Waals surface area contributed by atoms with Gasteiger partial charge in [-0.1, -0.05) is 48.5 Å². The Morgan fingerprint density at radius 3 is 2.48 bits per heavy atom. The monoisotopic (exact) mass is 556 g/mol. The van der Waals surface area contributed by atoms with Gasteiger partial charge in [-0.25, -0.2) is 4.79 Å². The summed E-state index contributed by atoms with van der Waals surface area (Å²) in [5.74, 6) is -1.38. The summed E-state index contributed by atoms with van der Waals surface area (Å²) in [4.78, 5) is 44.9. The summed E-state index contributed by atoms with van der Waals surface area (Å²) in [7, 11) is 0. The van der Waals surface area contributed by atoms with Gasteiger partial charge in [0.2, 0.25) is 0 Å². The summed E-state index contributed by atoms with van der Waals surface area (Å²) in [5, 5.41) is 12.6. The van der Waals surface area contributed by atoms with Crippen molar-refractivity contribution in [3.63, 3.8) is 0 Å². The molecule has 8 heteroatoms. The highest BCUT2D eigenvalue weighted by molar-refractivity contribution is 6.07. The number of anilines is 1. The van der Waals surface area contributed by atoms with Crippen LogP contribution in [0.5, 0.6) is 0 Å². The highest BCUT2D eigenvalue weighted by Gasteiger charge is 2.28. The molecule has 42 heavy (non-hydrogen) atoms. The molecule has 3 heterocycles. The van der Waals surface area contributed by atoms with Crippen molar-refractivity contribution < 1.29 is 19.5 Å². The number of nitrogens with zero attached hydrogens (tertiary/aromatic N) is 3. The number of pyridine rings is 1. The van der Waals surface area contributed by atoms with Gasteiger partial charge in [0.1, 0.15) is 5.69 Å². The van der Waals surface area contributed by atoms with Gasteiger partial charge < -0.3 is 19.9 Å². The van der Waals surface area contributed by atoms with Gasteiger partial charge in [-0.05, 0) is 77.2 Å². The van der Waals surface area contributed by atoms with Crippen molar-refractivity contribution in [2.45, 2.75) is 26.6 Å². The standard InChI is InChI=1S/C34H28N4O4/c1-22-17-24(12-14-27(22)28-9-3-4-10-29(28)34(41)42)33(40)38-21-26-13-15-31(32(39)36-19-23-7-6-16-35-18-23)37(26)20-25-8-2-5-11-30(25)38/h2-18H,19-21H2,1H3,(H,36,39)(H,41,42). The van der Waals surface area contributed by atoms with Crippen LogP contribution < -0.4 is 10.2 Å². The zero-order chi connectivity index (χ0) is 29.2. The van der Waals surface area contributed by atoms with Crippen molar-refractivity contribution in [3.05, 3.63) is 143 Å². The van der Waals surface area contributed by atoms with Crippen LogP contribution in [-0.4, -0.2) is 32.4 Å². The number of carboxylic acids is 1. The van der Waals surface area contributed by atoms with Gasteiger partial charge in [-0.3, -0.25) is 14.6 Å². The number of para-hydroxylation sites is 1. The first-order chi connectivity index (χ1) is 20.4. The van der Waals surface area contributed by atoms with Crippen LogP contribution in [-0.2, 0) is 19.6 Å². The van der Waals surface area contributed by atoms with Gasteiger partial charge >= 0.3 is 5.97 Å². The fraction of sp³-hybridized carbons (Fsp3) is 0.118. The minimum Gasteiger partial charge on any atom is -0.478 e. The molecule has 0 atom stereocenters. The number of hydrogen-bond acceptors (Lipinski definition) is 4. The number of hydrogen-bond donors (Lipinski definition) is 2. The number of carbonyl (C=O) groups is 3. The molecule has 1 aliphatic heterocycles. The molecule has 0 saturated carbocycles. The van der Waals surface area contributed by atoms with Gasteiger partial charge in [0.05, 0.1) is 18.7 Å². The second-order valence-corrected chi connectivity index (χ2v) is 10.2. The van der Waals surface area contributed by atoms with E-state index >= 15 is 0 Å². The predicted octanol–water partition coefficient (Wildman–Crippen LogP) is 5.70. The van der Waals surface area contributed by atoms with E-state index in [0.717, 1.165) is 33.6 Å². The molecule has 6 rings (SSSR count). The molecule has 208 valence electrons. The summed E-state index contributed by atoms with van der Waals surface area (Å²) >= 11 is 0. The van der Waals surface area contributed by atoms with Crippen LogP contribution in [0.15, 0.2) is 103 Å². The number of carbonyl (C=O) groups excluding carboxylic acids is 2. The molecular formula is C34H28N4O4. The quantitative estimate of drug-likeness (QED) is 0.279. The Morgan fingerprint density at radius 2 is 1.69 bits per heavy atom. The maximum Gasteiger partial charge on any atom is 0.336 e. The lowest BCUT2D eigenvalue weighted by Gasteiger charge is -2.23. The predicted molar refractivity (Wildman–Crippen MR) is 159 cm³/mol. The molecule has 3 aromatic carbocycles. The normalized spacial score (nSPS) is 12.2. The fourth-order valence-corrected chi connectivity index (χ4v) is 5.47. The van der Waals surface area contributed by atoms with E-state index in [1.54, 1.807) is 59.8 Å². The Hall–Kier alpha value is -5.50. The van der Waals surface area contributed by atoms with Gasteiger partial charge in [0.25, 0.3) is 11.8 Å². The molecule has 8 nitrogen and oxygen atoms in total. The Bertz CT molecular complexity index is 1830. The number of aromatic carboxylic acids is 1. The number of rotatable bonds is 6. The maximum atomic E-state index is 14.0. The van der Waals surface area contributed by atoms with Crippen molar-refractivity contribution >= 4 is 23.5 Å². The Kier molecular flexibility index (Phi) is 7.10. The van der Waals surface area contributed by atoms with Crippen molar-refractivity contribution in [3.8, 4) is 11.1 Å². The second kappa shape index (κ2) is 11.2. The Labute approximate surface area is 242 Å². The van der Waals surface area contributed by atoms with Crippen LogP contribution >= 0.6 is 0 Å². The van der Waals surface area contributed by atoms with E-state index in [-0.39, 0.29) is 23.9 Å². The van der Waals surface area contributed by atoms with E-state index in [4.69, 9.17) is 0 Å². The summed E-state index contributed by atoms with van der Waals surface area (Å²) in [6.45, 7) is 2.97. The Morgan fingerprint density at radius 1 is 0.881 bits per heavy atom. The molecule has 0 radical (unpaired) electrons. The topological polar surface area (TPSA) is 105 Å². The molecular weight excluding hydrogens is 528 g/mol. The number of amides is 2. The van der Waals surface area contributed by atoms with E-state index in [1.165, 1.54) is 0 Å². The first-order valence-corrected chi connectivity index (χ1v) is 13.6. The molecule has 1 aliphatic rings.